The summed E-state index contributed by atoms with van der Waals surface area (Å²) >= 11 is 12.3. The van der Waals surface area contributed by atoms with Crippen LogP contribution in [0.2, 0.25) is 10.0 Å². The molecule has 1 aliphatic heterocycles. The molecule has 1 amide bonds. The topological polar surface area (TPSA) is 154 Å². The van der Waals surface area contributed by atoms with Crippen LogP contribution in [-0.4, -0.2) is 97.7 Å². The maximum absolute atomic E-state index is 12.6. The number of halogens is 2. The SMILES string of the molecule is C=N/N=C(/C)N1C[C@H](CC(=O)NCC)N=C(c2ccc(Cl)cc2)c2cc(OC(C)(C)OC(C)(C)CNC)ccc21.CC.CC(C)=N/N=C(\C)[C@H](CC=O)N=C(c1ccc(Cl)cc1)c1cc(C)ccc1C. The summed E-state index contributed by atoms with van der Waals surface area (Å²) in [6.07, 6.45) is 1.34. The van der Waals surface area contributed by atoms with Gasteiger partial charge in [0.15, 0.2) is 0 Å². The number of benzene rings is 4. The molecule has 376 valence electrons. The summed E-state index contributed by atoms with van der Waals surface area (Å²) in [5.41, 5.74) is 9.41. The predicted octanol–water partition coefficient (Wildman–Crippen LogP) is 11.7. The molecule has 0 saturated heterocycles. The van der Waals surface area contributed by atoms with Crippen LogP contribution in [0.1, 0.15) is 122 Å². The van der Waals surface area contributed by atoms with Crippen molar-refractivity contribution in [1.82, 2.24) is 10.6 Å². The number of hydrogen-bond acceptors (Lipinski definition) is 11. The van der Waals surface area contributed by atoms with E-state index in [1.165, 1.54) is 0 Å². The number of aldehydes is 1. The van der Waals surface area contributed by atoms with Crippen molar-refractivity contribution in [3.05, 3.63) is 128 Å². The van der Waals surface area contributed by atoms with Gasteiger partial charge in [0.05, 0.1) is 46.9 Å². The number of anilines is 1. The summed E-state index contributed by atoms with van der Waals surface area (Å²) in [6.45, 7) is 30.5. The van der Waals surface area contributed by atoms with Crippen LogP contribution in [0.15, 0.2) is 115 Å². The zero-order valence-corrected chi connectivity index (χ0v) is 45.1. The van der Waals surface area contributed by atoms with Gasteiger partial charge in [-0.25, -0.2) is 0 Å². The van der Waals surface area contributed by atoms with E-state index in [1.54, 1.807) is 0 Å². The normalized spacial score (nSPS) is 14.6. The lowest BCUT2D eigenvalue weighted by Crippen LogP contribution is -2.46. The second-order valence-electron chi connectivity index (χ2n) is 17.8. The third-order valence-electron chi connectivity index (χ3n) is 10.5. The minimum atomic E-state index is -0.915. The van der Waals surface area contributed by atoms with Crippen LogP contribution < -0.4 is 20.3 Å². The van der Waals surface area contributed by atoms with Crippen molar-refractivity contribution >= 4 is 76.5 Å². The molecule has 13 nitrogen and oxygen atoms in total. The number of aliphatic imine (C=N–C) groups is 2. The van der Waals surface area contributed by atoms with Crippen molar-refractivity contribution in [2.75, 3.05) is 31.6 Å². The maximum Gasteiger partial charge on any atom is 0.222 e. The van der Waals surface area contributed by atoms with Crippen LogP contribution in [0.3, 0.4) is 0 Å². The molecule has 0 unspecified atom stereocenters. The number of ether oxygens (including phenoxy) is 2. The summed E-state index contributed by atoms with van der Waals surface area (Å²) in [5.74, 6) is 0.267. The highest BCUT2D eigenvalue weighted by molar-refractivity contribution is 6.31. The van der Waals surface area contributed by atoms with E-state index < -0.39 is 11.4 Å². The number of rotatable bonds is 18. The van der Waals surface area contributed by atoms with E-state index >= 15 is 0 Å². The van der Waals surface area contributed by atoms with Gasteiger partial charge in [0.1, 0.15) is 17.9 Å². The summed E-state index contributed by atoms with van der Waals surface area (Å²) in [5, 5.41) is 23.7. The van der Waals surface area contributed by atoms with E-state index in [-0.39, 0.29) is 30.8 Å². The first-order chi connectivity index (χ1) is 33.2. The molecule has 4 aromatic rings. The van der Waals surface area contributed by atoms with Crippen LogP contribution >= 0.6 is 23.2 Å². The van der Waals surface area contributed by atoms with E-state index in [0.717, 1.165) is 62.5 Å². The first kappa shape index (κ1) is 58.5. The number of nitrogens with zero attached hydrogens (tertiary/aromatic N) is 7. The number of carbonyl (C=O) groups excluding carboxylic acids is 2. The van der Waals surface area contributed by atoms with Crippen molar-refractivity contribution in [2.24, 2.45) is 30.4 Å². The van der Waals surface area contributed by atoms with E-state index in [2.05, 4.69) is 69.8 Å². The van der Waals surface area contributed by atoms with Gasteiger partial charge < -0.3 is 29.8 Å². The Bertz CT molecular complexity index is 2530. The first-order valence-electron chi connectivity index (χ1n) is 23.7. The fourth-order valence-electron chi connectivity index (χ4n) is 7.64. The minimum Gasteiger partial charge on any atom is -0.463 e. The highest BCUT2D eigenvalue weighted by Gasteiger charge is 2.32. The molecule has 5 rings (SSSR count). The molecule has 70 heavy (non-hydrogen) atoms. The van der Waals surface area contributed by atoms with Crippen LogP contribution in [0.25, 0.3) is 0 Å². The van der Waals surface area contributed by atoms with Crippen molar-refractivity contribution in [2.45, 2.75) is 126 Å². The van der Waals surface area contributed by atoms with Gasteiger partial charge >= 0.3 is 0 Å². The average Bonchev–Trinajstić information content (AvgIpc) is 3.45. The van der Waals surface area contributed by atoms with E-state index in [1.807, 2.05) is 155 Å². The Hall–Kier alpha value is -5.86. The quantitative estimate of drug-likeness (QED) is 0.0333. The molecular formula is C55H73Cl2N9O4. The smallest absolute Gasteiger partial charge is 0.222 e. The highest BCUT2D eigenvalue weighted by Crippen LogP contribution is 2.35. The Morgan fingerprint density at radius 1 is 0.914 bits per heavy atom. The number of benzodiazepines with no additional fused rings is 1. The predicted molar refractivity (Wildman–Crippen MR) is 295 cm³/mol. The van der Waals surface area contributed by atoms with Crippen LogP contribution in [-0.2, 0) is 14.3 Å². The van der Waals surface area contributed by atoms with Crippen molar-refractivity contribution < 1.29 is 19.1 Å². The molecule has 0 spiro atoms. The van der Waals surface area contributed by atoms with Gasteiger partial charge in [-0.1, -0.05) is 79.0 Å². The van der Waals surface area contributed by atoms with Crippen molar-refractivity contribution in [3.63, 3.8) is 0 Å². The minimum absolute atomic E-state index is 0.0684. The van der Waals surface area contributed by atoms with Gasteiger partial charge in [-0.3, -0.25) is 14.8 Å². The molecule has 0 aliphatic carbocycles. The highest BCUT2D eigenvalue weighted by atomic mass is 35.5. The third kappa shape index (κ3) is 18.1. The molecule has 1 heterocycles. The van der Waals surface area contributed by atoms with Gasteiger partial charge in [0.25, 0.3) is 0 Å². The van der Waals surface area contributed by atoms with E-state index in [4.69, 9.17) is 42.7 Å². The summed E-state index contributed by atoms with van der Waals surface area (Å²) in [7, 11) is 1.89. The Morgan fingerprint density at radius 3 is 2.14 bits per heavy atom. The standard InChI is InChI=1S/C30H41ClN6O3.C23H26ClN3O.C2H6/c1-9-34-27(38)16-23-18-37(20(2)36-33-8)26-15-14-24(39-30(5,6)40-29(3,4)19-32-7)17-25(26)28(35-23)21-10-12-22(31)13-11-21;1-15(2)26-27-18(5)22(12-13-28)25-23(19-8-10-20(24)11-9-19)21-14-16(3)6-7-17(21)4;1-2/h10-15,17,23,32H,8-9,16,18-19H2,1-7H3,(H,34,38);6-11,13-14,22H,12H2,1-5H3;1-2H3/b36-20-;25-23?,27-18+;/t23-;22-;/m00./s1. The van der Waals surface area contributed by atoms with Crippen molar-refractivity contribution in [3.8, 4) is 5.75 Å². The molecular weight excluding hydrogens is 922 g/mol. The summed E-state index contributed by atoms with van der Waals surface area (Å²) < 4.78 is 12.7. The number of amides is 1. The first-order valence-corrected chi connectivity index (χ1v) is 24.4. The molecule has 1 aliphatic rings. The fraction of sp³-hybridized carbons (Fsp3) is 0.418. The van der Waals surface area contributed by atoms with Gasteiger partial charge in [0, 0.05) is 84.6 Å². The second kappa shape index (κ2) is 28.1. The lowest BCUT2D eigenvalue weighted by atomic mass is 9.95. The Morgan fingerprint density at radius 2 is 1.56 bits per heavy atom. The van der Waals surface area contributed by atoms with Gasteiger partial charge in [-0.2, -0.15) is 15.3 Å². The average molecular weight is 995 g/mol. The molecule has 2 N–H and O–H groups in total. The number of fused-ring (bicyclic) bond motifs is 1. The Balaban J connectivity index is 0.000000379. The Kier molecular flexibility index (Phi) is 23.5. The maximum atomic E-state index is 12.6. The van der Waals surface area contributed by atoms with Crippen LogP contribution in [0.5, 0.6) is 5.75 Å². The fourth-order valence-corrected chi connectivity index (χ4v) is 7.89. The lowest BCUT2D eigenvalue weighted by Gasteiger charge is -2.36. The second-order valence-corrected chi connectivity index (χ2v) is 18.7. The van der Waals surface area contributed by atoms with Gasteiger partial charge in [0.2, 0.25) is 11.7 Å². The number of amidine groups is 1. The summed E-state index contributed by atoms with van der Waals surface area (Å²) in [6, 6.07) is 26.5. The number of nitrogens with one attached hydrogen (secondary N) is 2. The number of carbonyl (C=O) groups is 2. The monoisotopic (exact) mass is 994 g/mol. The molecule has 0 aromatic heterocycles. The van der Waals surface area contributed by atoms with Crippen molar-refractivity contribution in [1.29, 1.82) is 0 Å². The van der Waals surface area contributed by atoms with E-state index in [0.29, 0.717) is 47.0 Å². The third-order valence-corrected chi connectivity index (χ3v) is 11.0. The van der Waals surface area contributed by atoms with Gasteiger partial charge in [-0.05, 0) is 123 Å². The van der Waals surface area contributed by atoms with Crippen LogP contribution in [0.4, 0.5) is 5.69 Å². The number of aryl methyl sites for hydroxylation is 2. The van der Waals surface area contributed by atoms with Crippen LogP contribution in [0, 0.1) is 13.8 Å². The van der Waals surface area contributed by atoms with Gasteiger partial charge in [-0.15, -0.1) is 5.10 Å². The molecule has 0 fully saturated rings. The zero-order valence-electron chi connectivity index (χ0n) is 43.6. The summed E-state index contributed by atoms with van der Waals surface area (Å²) in [4.78, 5) is 36.0. The molecule has 2 atom stereocenters. The molecule has 4 aromatic carbocycles. The molecule has 0 bridgehead atoms. The molecule has 0 saturated carbocycles. The zero-order chi connectivity index (χ0) is 52.2. The van der Waals surface area contributed by atoms with E-state index in [9.17, 15) is 9.59 Å². The lowest BCUT2D eigenvalue weighted by molar-refractivity contribution is -0.217. The number of likely N-dealkylation sites (N-methyl/N-ethyl adjacent to an activating group) is 1. The largest absolute Gasteiger partial charge is 0.463 e. The molecule has 0 radical (unpaired) electrons. The molecule has 15 heteroatoms. The number of hydrogen-bond donors (Lipinski definition) is 2. The Labute approximate surface area is 426 Å².